The van der Waals surface area contributed by atoms with Crippen LogP contribution in [0.15, 0.2) is 47.5 Å². The maximum atomic E-state index is 16.5. The number of halogens is 3. The molecule has 0 radical (unpaired) electrons. The van der Waals surface area contributed by atoms with Crippen molar-refractivity contribution >= 4 is 56.4 Å². The Bertz CT molecular complexity index is 2330. The molecule has 13 nitrogen and oxygen atoms in total. The molecule has 2 aromatic carbocycles. The van der Waals surface area contributed by atoms with Gasteiger partial charge < -0.3 is 19.5 Å². The van der Waals surface area contributed by atoms with Crippen LogP contribution in [0, 0.1) is 11.6 Å². The van der Waals surface area contributed by atoms with Crippen LogP contribution >= 0.6 is 11.6 Å². The molecule has 0 aliphatic heterocycles. The Morgan fingerprint density at radius 3 is 2.00 bits per heavy atom. The highest BCUT2D eigenvalue weighted by molar-refractivity contribution is 7.90. The van der Waals surface area contributed by atoms with E-state index in [2.05, 4.69) is 10.3 Å². The number of aromatic nitrogens is 3. The van der Waals surface area contributed by atoms with E-state index in [-0.39, 0.29) is 50.9 Å². The van der Waals surface area contributed by atoms with E-state index >= 15 is 8.78 Å². The lowest BCUT2D eigenvalue weighted by atomic mass is 9.81. The predicted molar refractivity (Wildman–Crippen MR) is 220 cm³/mol. The van der Waals surface area contributed by atoms with Crippen molar-refractivity contribution in [3.63, 3.8) is 0 Å². The average molecular weight is 860 g/mol. The highest BCUT2D eigenvalue weighted by Gasteiger charge is 2.38. The van der Waals surface area contributed by atoms with E-state index < -0.39 is 67.9 Å². The van der Waals surface area contributed by atoms with Crippen LogP contribution in [0.25, 0.3) is 22.2 Å². The van der Waals surface area contributed by atoms with Gasteiger partial charge in [-0.1, -0.05) is 23.7 Å². The molecular weight excluding hydrogens is 808 g/mol. The molecule has 1 aliphatic carbocycles. The predicted octanol–water partition coefficient (Wildman–Crippen LogP) is 10.3. The van der Waals surface area contributed by atoms with Crippen molar-refractivity contribution in [3.05, 3.63) is 70.4 Å². The number of ether oxygens (including phenoxy) is 3. The number of aryl methyl sites for hydroxylation is 1. The lowest BCUT2D eigenvalue weighted by molar-refractivity contribution is 0.0425. The van der Waals surface area contributed by atoms with Crippen LogP contribution in [0.3, 0.4) is 0 Å². The summed E-state index contributed by atoms with van der Waals surface area (Å²) in [6, 6.07) is 7.14. The minimum Gasteiger partial charge on any atom is -0.444 e. The number of hydrogen-bond donors (Lipinski definition) is 1. The second-order valence-corrected chi connectivity index (χ2v) is 19.9. The standard InChI is InChI=1S/C42H52ClF2N5O8S/c1-11-49-35-28(24-16-18-26(19-17-24)47-37(51)56-40(2,3)4)22-46-36(50(38(52)57-41(5,6)7)39(53)58-42(8,9)10)33(35)34(48-49)27-21-30(44)25(20-31(27)45)23-59(54,55)32-15-13-12-14-29(32)43/h12-15,20-22,24,26H,11,16-19,23H2,1-10H3,(H,47,51). The Morgan fingerprint density at radius 2 is 1.46 bits per heavy atom. The summed E-state index contributed by atoms with van der Waals surface area (Å²) in [5.74, 6) is -3.43. The Balaban J connectivity index is 1.69. The van der Waals surface area contributed by atoms with Gasteiger partial charge >= 0.3 is 18.3 Å². The van der Waals surface area contributed by atoms with Gasteiger partial charge in [0.15, 0.2) is 15.7 Å². The maximum Gasteiger partial charge on any atom is 0.425 e. The van der Waals surface area contributed by atoms with Gasteiger partial charge in [0.2, 0.25) is 0 Å². The molecule has 0 saturated heterocycles. The Morgan fingerprint density at radius 1 is 0.881 bits per heavy atom. The van der Waals surface area contributed by atoms with Crippen molar-refractivity contribution in [2.75, 3.05) is 4.90 Å². The molecule has 1 saturated carbocycles. The molecule has 0 bridgehead atoms. The molecule has 0 unspecified atom stereocenters. The quantitative estimate of drug-likeness (QED) is 0.169. The third-order valence-electron chi connectivity index (χ3n) is 9.24. The van der Waals surface area contributed by atoms with Crippen LogP contribution in [-0.4, -0.2) is 64.3 Å². The molecule has 1 fully saturated rings. The minimum atomic E-state index is -4.21. The second-order valence-electron chi connectivity index (χ2n) is 17.5. The SMILES string of the molecule is CCn1nc(-c2cc(F)c(CS(=O)(=O)c3ccccc3Cl)cc2F)c2c(N(C(=O)OC(C)(C)C)C(=O)OC(C)(C)C)ncc(C3CCC(NC(=O)OC(C)(C)C)CC3)c21. The zero-order valence-electron chi connectivity index (χ0n) is 35.0. The van der Waals surface area contributed by atoms with Gasteiger partial charge in [0.1, 0.15) is 34.1 Å². The highest BCUT2D eigenvalue weighted by atomic mass is 35.5. The Hall–Kier alpha value is -4.83. The summed E-state index contributed by atoms with van der Waals surface area (Å²) in [5.41, 5.74) is -2.75. The number of sulfone groups is 1. The number of imide groups is 1. The van der Waals surface area contributed by atoms with Gasteiger partial charge in [-0.2, -0.15) is 10.00 Å². The van der Waals surface area contributed by atoms with Gasteiger partial charge in [-0.15, -0.1) is 0 Å². The van der Waals surface area contributed by atoms with Gasteiger partial charge in [-0.25, -0.2) is 36.6 Å². The number of anilines is 1. The van der Waals surface area contributed by atoms with Gasteiger partial charge in [0.05, 0.1) is 26.6 Å². The first-order valence-corrected chi connectivity index (χ1v) is 21.4. The fourth-order valence-corrected chi connectivity index (χ4v) is 8.78. The first-order valence-electron chi connectivity index (χ1n) is 19.4. The summed E-state index contributed by atoms with van der Waals surface area (Å²) in [4.78, 5) is 45.6. The molecule has 1 aliphatic rings. The summed E-state index contributed by atoms with van der Waals surface area (Å²) in [6.45, 7) is 17.1. The number of pyridine rings is 1. The number of benzene rings is 2. The zero-order chi connectivity index (χ0) is 43.8. The molecular formula is C42H52ClF2N5O8S. The fourth-order valence-electron chi connectivity index (χ4n) is 6.85. The summed E-state index contributed by atoms with van der Waals surface area (Å²) < 4.78 is 77.6. The van der Waals surface area contributed by atoms with Crippen LogP contribution in [0.5, 0.6) is 0 Å². The van der Waals surface area contributed by atoms with Crippen molar-refractivity contribution in [1.82, 2.24) is 20.1 Å². The smallest absolute Gasteiger partial charge is 0.425 e. The van der Waals surface area contributed by atoms with Crippen LogP contribution in [0.2, 0.25) is 5.02 Å². The number of alkyl carbamates (subject to hydrolysis) is 1. The fraction of sp³-hybridized carbons (Fsp3) is 0.500. The first kappa shape index (κ1) is 45.3. The molecule has 1 N–H and O–H groups in total. The normalized spacial score (nSPS) is 16.4. The number of carbonyl (C=O) groups excluding carboxylic acids is 3. The third-order valence-corrected chi connectivity index (χ3v) is 11.4. The first-order chi connectivity index (χ1) is 27.3. The van der Waals surface area contributed by atoms with Crippen molar-refractivity contribution in [1.29, 1.82) is 0 Å². The third kappa shape index (κ3) is 10.9. The molecule has 5 rings (SSSR count). The molecule has 59 heavy (non-hydrogen) atoms. The molecule has 320 valence electrons. The summed E-state index contributed by atoms with van der Waals surface area (Å²) in [6.07, 6.45) is 1.08. The zero-order valence-corrected chi connectivity index (χ0v) is 36.6. The maximum absolute atomic E-state index is 16.5. The lowest BCUT2D eigenvalue weighted by Gasteiger charge is -2.31. The molecule has 2 aromatic heterocycles. The van der Waals surface area contributed by atoms with E-state index in [1.54, 1.807) is 80.0 Å². The van der Waals surface area contributed by atoms with Crippen molar-refractivity contribution in [2.24, 2.45) is 0 Å². The monoisotopic (exact) mass is 859 g/mol. The molecule has 4 aromatic rings. The van der Waals surface area contributed by atoms with Gasteiger partial charge in [0, 0.05) is 29.9 Å². The molecule has 0 spiro atoms. The topological polar surface area (TPSA) is 159 Å². The van der Waals surface area contributed by atoms with Crippen LogP contribution in [0.1, 0.15) is 112 Å². The number of rotatable bonds is 8. The number of nitrogens with one attached hydrogen (secondary N) is 1. The molecule has 3 amide bonds. The average Bonchev–Trinajstić information content (AvgIpc) is 3.48. The van der Waals surface area contributed by atoms with Gasteiger partial charge in [0.25, 0.3) is 0 Å². The van der Waals surface area contributed by atoms with Crippen LogP contribution in [-0.2, 0) is 36.3 Å². The van der Waals surface area contributed by atoms with Crippen molar-refractivity contribution in [3.8, 4) is 11.3 Å². The van der Waals surface area contributed by atoms with E-state index in [1.807, 2.05) is 0 Å². The number of carbonyl (C=O) groups is 3. The van der Waals surface area contributed by atoms with E-state index in [4.69, 9.17) is 30.9 Å². The molecule has 2 heterocycles. The summed E-state index contributed by atoms with van der Waals surface area (Å²) in [5, 5.41) is 7.63. The van der Waals surface area contributed by atoms with Crippen LogP contribution < -0.4 is 10.2 Å². The van der Waals surface area contributed by atoms with E-state index in [0.29, 0.717) is 41.7 Å². The van der Waals surface area contributed by atoms with E-state index in [0.717, 1.165) is 12.1 Å². The largest absolute Gasteiger partial charge is 0.444 e. The van der Waals surface area contributed by atoms with E-state index in [9.17, 15) is 22.8 Å². The molecule has 17 heteroatoms. The van der Waals surface area contributed by atoms with Crippen molar-refractivity contribution < 1.29 is 45.8 Å². The minimum absolute atomic E-state index is 0.0322. The van der Waals surface area contributed by atoms with Crippen molar-refractivity contribution in [2.45, 2.75) is 141 Å². The second kappa shape index (κ2) is 17.0. The summed E-state index contributed by atoms with van der Waals surface area (Å²) in [7, 11) is -4.21. The van der Waals surface area contributed by atoms with Crippen LogP contribution in [0.4, 0.5) is 29.0 Å². The Kier molecular flexibility index (Phi) is 13.1. The number of nitrogens with zero attached hydrogens (tertiary/aromatic N) is 4. The Labute approximate surface area is 348 Å². The lowest BCUT2D eigenvalue weighted by Crippen LogP contribution is -2.44. The van der Waals surface area contributed by atoms with Gasteiger partial charge in [-0.05, 0) is 131 Å². The summed E-state index contributed by atoms with van der Waals surface area (Å²) >= 11 is 6.14. The highest BCUT2D eigenvalue weighted by Crippen LogP contribution is 2.43. The van der Waals surface area contributed by atoms with Gasteiger partial charge in [-0.3, -0.25) is 4.68 Å². The number of amides is 3. The number of fused-ring (bicyclic) bond motifs is 1. The van der Waals surface area contributed by atoms with E-state index in [1.165, 1.54) is 24.4 Å². The number of hydrogen-bond acceptors (Lipinski definition) is 10. The molecule has 0 atom stereocenters.